The first kappa shape index (κ1) is 20.8. The largest absolute Gasteiger partial charge is 0.368 e. The van der Waals surface area contributed by atoms with Crippen molar-refractivity contribution in [2.24, 2.45) is 4.99 Å². The van der Waals surface area contributed by atoms with E-state index in [1.807, 2.05) is 22.7 Å². The summed E-state index contributed by atoms with van der Waals surface area (Å²) < 4.78 is 0. The van der Waals surface area contributed by atoms with E-state index < -0.39 is 0 Å². The summed E-state index contributed by atoms with van der Waals surface area (Å²) in [5, 5.41) is 7.25. The van der Waals surface area contributed by atoms with E-state index >= 15 is 0 Å². The lowest BCUT2D eigenvalue weighted by molar-refractivity contribution is -0.131. The van der Waals surface area contributed by atoms with Crippen molar-refractivity contribution in [3.8, 4) is 0 Å². The van der Waals surface area contributed by atoms with E-state index in [2.05, 4.69) is 46.7 Å². The molecule has 2 aliphatic heterocycles. The van der Waals surface area contributed by atoms with Crippen LogP contribution in [0.2, 0.25) is 0 Å². The van der Waals surface area contributed by atoms with E-state index in [1.54, 1.807) is 0 Å². The molecule has 0 aliphatic carbocycles. The minimum absolute atomic E-state index is 0.224. The van der Waals surface area contributed by atoms with Gasteiger partial charge in [-0.25, -0.2) is 0 Å². The second-order valence-corrected chi connectivity index (χ2v) is 8.64. The number of nitrogens with zero attached hydrogens (tertiary/aromatic N) is 3. The zero-order valence-electron chi connectivity index (χ0n) is 16.9. The van der Waals surface area contributed by atoms with Gasteiger partial charge in [0.15, 0.2) is 5.96 Å². The number of thioether (sulfide) groups is 1. The fourth-order valence-corrected chi connectivity index (χ4v) is 4.80. The van der Waals surface area contributed by atoms with Gasteiger partial charge in [-0.1, -0.05) is 18.2 Å². The Balaban J connectivity index is 1.38. The number of benzene rings is 1. The van der Waals surface area contributed by atoms with Crippen LogP contribution in [-0.4, -0.2) is 73.6 Å². The molecule has 0 saturated carbocycles. The summed E-state index contributed by atoms with van der Waals surface area (Å²) in [6.07, 6.45) is 3.08. The molecule has 1 atom stereocenters. The molecule has 2 N–H and O–H groups in total. The Morgan fingerprint density at radius 1 is 1.18 bits per heavy atom. The van der Waals surface area contributed by atoms with Crippen molar-refractivity contribution >= 4 is 29.3 Å². The molecule has 0 aromatic heterocycles. The van der Waals surface area contributed by atoms with E-state index in [0.29, 0.717) is 18.2 Å². The maximum atomic E-state index is 12.6. The van der Waals surface area contributed by atoms with Gasteiger partial charge in [0, 0.05) is 56.6 Å². The molecular formula is C21H33N5OS. The summed E-state index contributed by atoms with van der Waals surface area (Å²) in [7, 11) is 0. The maximum Gasteiger partial charge on any atom is 0.224 e. The minimum Gasteiger partial charge on any atom is -0.368 e. The molecule has 28 heavy (non-hydrogen) atoms. The highest BCUT2D eigenvalue weighted by atomic mass is 32.2. The number of nitrogens with one attached hydrogen (secondary N) is 2. The van der Waals surface area contributed by atoms with Gasteiger partial charge in [-0.2, -0.15) is 11.8 Å². The van der Waals surface area contributed by atoms with Crippen LogP contribution >= 0.6 is 11.8 Å². The molecule has 3 rings (SSSR count). The van der Waals surface area contributed by atoms with Crippen molar-refractivity contribution < 1.29 is 4.79 Å². The molecule has 2 saturated heterocycles. The molecule has 0 radical (unpaired) electrons. The molecule has 1 aromatic carbocycles. The maximum absolute atomic E-state index is 12.6. The summed E-state index contributed by atoms with van der Waals surface area (Å²) in [6, 6.07) is 10.4. The van der Waals surface area contributed by atoms with Gasteiger partial charge in [0.1, 0.15) is 0 Å². The third-order valence-corrected chi connectivity index (χ3v) is 6.59. The highest BCUT2D eigenvalue weighted by Crippen LogP contribution is 2.26. The topological polar surface area (TPSA) is 60.0 Å². The van der Waals surface area contributed by atoms with Gasteiger partial charge in [-0.3, -0.25) is 9.79 Å². The highest BCUT2D eigenvalue weighted by Gasteiger charge is 2.21. The number of amides is 1. The SMILES string of the molecule is CCNC(=NCC1CCCS1)NCCC(=O)N1CCN(c2ccccc2)CC1. The van der Waals surface area contributed by atoms with Crippen LogP contribution in [0.15, 0.2) is 35.3 Å². The molecule has 6 nitrogen and oxygen atoms in total. The van der Waals surface area contributed by atoms with Gasteiger partial charge in [0.2, 0.25) is 5.91 Å². The standard InChI is InChI=1S/C21H33N5OS/c1-2-22-21(24-17-19-9-6-16-28-19)23-11-10-20(27)26-14-12-25(13-15-26)18-7-4-3-5-8-18/h3-5,7-8,19H,2,6,9-17H2,1H3,(H2,22,23,24). The predicted octanol–water partition coefficient (Wildman–Crippen LogP) is 2.18. The number of piperazine rings is 1. The first-order valence-electron chi connectivity index (χ1n) is 10.5. The lowest BCUT2D eigenvalue weighted by Gasteiger charge is -2.36. The van der Waals surface area contributed by atoms with Crippen molar-refractivity contribution in [1.29, 1.82) is 0 Å². The summed E-state index contributed by atoms with van der Waals surface area (Å²) >= 11 is 2.02. The van der Waals surface area contributed by atoms with E-state index in [1.165, 1.54) is 24.3 Å². The van der Waals surface area contributed by atoms with Crippen LogP contribution in [-0.2, 0) is 4.79 Å². The molecule has 1 unspecified atom stereocenters. The van der Waals surface area contributed by atoms with Crippen molar-refractivity contribution in [2.75, 3.05) is 56.5 Å². The number of carbonyl (C=O) groups is 1. The van der Waals surface area contributed by atoms with Crippen molar-refractivity contribution in [3.05, 3.63) is 30.3 Å². The van der Waals surface area contributed by atoms with Crippen LogP contribution < -0.4 is 15.5 Å². The Labute approximate surface area is 173 Å². The fraction of sp³-hybridized carbons (Fsp3) is 0.619. The van der Waals surface area contributed by atoms with E-state index in [-0.39, 0.29) is 5.91 Å². The smallest absolute Gasteiger partial charge is 0.224 e. The second kappa shape index (κ2) is 11.2. The van der Waals surface area contributed by atoms with Crippen molar-refractivity contribution in [2.45, 2.75) is 31.4 Å². The lowest BCUT2D eigenvalue weighted by Crippen LogP contribution is -2.49. The molecule has 1 aromatic rings. The van der Waals surface area contributed by atoms with Crippen LogP contribution in [0.4, 0.5) is 5.69 Å². The quantitative estimate of drug-likeness (QED) is 0.540. The van der Waals surface area contributed by atoms with E-state index in [9.17, 15) is 4.79 Å². The normalized spacial score (nSPS) is 20.3. The Morgan fingerprint density at radius 2 is 1.96 bits per heavy atom. The van der Waals surface area contributed by atoms with E-state index in [0.717, 1.165) is 45.2 Å². The van der Waals surface area contributed by atoms with Gasteiger partial charge in [-0.15, -0.1) is 0 Å². The van der Waals surface area contributed by atoms with Crippen LogP contribution in [0.5, 0.6) is 0 Å². The summed E-state index contributed by atoms with van der Waals surface area (Å²) in [4.78, 5) is 21.6. The Kier molecular flexibility index (Phi) is 8.33. The second-order valence-electron chi connectivity index (χ2n) is 7.23. The number of anilines is 1. The molecule has 2 heterocycles. The van der Waals surface area contributed by atoms with Gasteiger partial charge in [0.25, 0.3) is 0 Å². The monoisotopic (exact) mass is 403 g/mol. The number of hydrogen-bond acceptors (Lipinski definition) is 4. The number of rotatable bonds is 7. The van der Waals surface area contributed by atoms with Crippen LogP contribution in [0.3, 0.4) is 0 Å². The summed E-state index contributed by atoms with van der Waals surface area (Å²) in [6.45, 7) is 7.76. The predicted molar refractivity (Wildman–Crippen MR) is 119 cm³/mol. The summed E-state index contributed by atoms with van der Waals surface area (Å²) in [5.41, 5.74) is 1.24. The third kappa shape index (κ3) is 6.33. The zero-order valence-corrected chi connectivity index (χ0v) is 17.7. The number of aliphatic imine (C=N–C) groups is 1. The first-order valence-corrected chi connectivity index (χ1v) is 11.5. The van der Waals surface area contributed by atoms with Crippen molar-refractivity contribution in [3.63, 3.8) is 0 Å². The molecule has 2 aliphatic rings. The third-order valence-electron chi connectivity index (χ3n) is 5.21. The van der Waals surface area contributed by atoms with Gasteiger partial charge >= 0.3 is 0 Å². The number of guanidine groups is 1. The average molecular weight is 404 g/mol. The minimum atomic E-state index is 0.224. The molecule has 1 amide bonds. The Bertz CT molecular complexity index is 625. The zero-order chi connectivity index (χ0) is 19.6. The fourth-order valence-electron chi connectivity index (χ4n) is 3.62. The lowest BCUT2D eigenvalue weighted by atomic mass is 10.2. The van der Waals surface area contributed by atoms with Crippen molar-refractivity contribution in [1.82, 2.24) is 15.5 Å². The van der Waals surface area contributed by atoms with Crippen LogP contribution in [0.25, 0.3) is 0 Å². The molecular weight excluding hydrogens is 370 g/mol. The first-order chi connectivity index (χ1) is 13.8. The van der Waals surface area contributed by atoms with Crippen LogP contribution in [0, 0.1) is 0 Å². The Hall–Kier alpha value is -1.89. The average Bonchev–Trinajstić information content (AvgIpc) is 3.26. The molecule has 0 bridgehead atoms. The molecule has 2 fully saturated rings. The van der Waals surface area contributed by atoms with Gasteiger partial charge < -0.3 is 20.4 Å². The van der Waals surface area contributed by atoms with Crippen LogP contribution in [0.1, 0.15) is 26.2 Å². The molecule has 7 heteroatoms. The Morgan fingerprint density at radius 3 is 2.64 bits per heavy atom. The number of hydrogen-bond donors (Lipinski definition) is 2. The van der Waals surface area contributed by atoms with Gasteiger partial charge in [-0.05, 0) is 37.7 Å². The molecule has 154 valence electrons. The van der Waals surface area contributed by atoms with Gasteiger partial charge in [0.05, 0.1) is 6.54 Å². The van der Waals surface area contributed by atoms with E-state index in [4.69, 9.17) is 4.99 Å². The summed E-state index contributed by atoms with van der Waals surface area (Å²) in [5.74, 6) is 2.31. The number of para-hydroxylation sites is 1. The molecule has 0 spiro atoms. The highest BCUT2D eigenvalue weighted by molar-refractivity contribution is 8.00. The number of carbonyl (C=O) groups excluding carboxylic acids is 1.